The van der Waals surface area contributed by atoms with Gasteiger partial charge in [-0.2, -0.15) is 4.49 Å². The molecule has 0 fully saturated rings. The second-order valence-corrected chi connectivity index (χ2v) is 3.92. The van der Waals surface area contributed by atoms with Gasteiger partial charge in [0, 0.05) is 11.0 Å². The molecule has 0 heterocycles. The Kier molecular flexibility index (Phi) is 6.02. The second-order valence-electron chi connectivity index (χ2n) is 0.742. The summed E-state index contributed by atoms with van der Waals surface area (Å²) in [5, 5.41) is 0. The molecule has 0 saturated heterocycles. The molecule has 7 heteroatoms. The average molecular weight is 172 g/mol. The first-order valence-electron chi connectivity index (χ1n) is 1.58. The lowest BCUT2D eigenvalue weighted by atomic mass is 11.8. The molecule has 0 saturated carbocycles. The summed E-state index contributed by atoms with van der Waals surface area (Å²) in [5.41, 5.74) is 5.45. The van der Waals surface area contributed by atoms with Crippen LogP contribution < -0.4 is 10.00 Å². The Balaban J connectivity index is 2.93. The quantitative estimate of drug-likeness (QED) is 0.210. The number of hydrogen-bond acceptors (Lipinski definition) is 4. The molecule has 0 aromatic carbocycles. The van der Waals surface area contributed by atoms with Gasteiger partial charge in [-0.25, -0.2) is 0 Å². The van der Waals surface area contributed by atoms with Crippen molar-refractivity contribution in [2.45, 2.75) is 0 Å². The minimum absolute atomic E-state index is 0.627. The predicted molar refractivity (Wildman–Crippen MR) is 38.3 cm³/mol. The van der Waals surface area contributed by atoms with Crippen LogP contribution in [0.2, 0.25) is 0 Å². The van der Waals surface area contributed by atoms with E-state index in [4.69, 9.17) is 5.50 Å². The first kappa shape index (κ1) is 8.52. The summed E-state index contributed by atoms with van der Waals surface area (Å²) in [7, 11) is -0.249. The van der Waals surface area contributed by atoms with Gasteiger partial charge in [0.05, 0.1) is 0 Å². The van der Waals surface area contributed by atoms with Crippen LogP contribution in [0.4, 0.5) is 0 Å². The predicted octanol–water partition coefficient (Wildman–Crippen LogP) is 0.411. The molecule has 0 aliphatic heterocycles. The van der Waals surface area contributed by atoms with Crippen molar-refractivity contribution in [1.29, 1.82) is 0 Å². The van der Waals surface area contributed by atoms with E-state index in [-0.39, 0.29) is 0 Å². The molecule has 0 amide bonds. The maximum Gasteiger partial charge on any atom is 0.207 e. The summed E-state index contributed by atoms with van der Waals surface area (Å²) in [6.45, 7) is 0. The van der Waals surface area contributed by atoms with Gasteiger partial charge in [0.2, 0.25) is 8.10 Å². The number of nitrogens with two attached hydrogens (primary N) is 1. The van der Waals surface area contributed by atoms with Crippen LogP contribution >= 0.6 is 29.9 Å². The Labute approximate surface area is 55.4 Å². The minimum atomic E-state index is -2.12. The van der Waals surface area contributed by atoms with Gasteiger partial charge in [0.25, 0.3) is 0 Å². The van der Waals surface area contributed by atoms with Crippen LogP contribution in [0.3, 0.4) is 0 Å². The van der Waals surface area contributed by atoms with Crippen molar-refractivity contribution in [2.75, 3.05) is 0 Å². The summed E-state index contributed by atoms with van der Waals surface area (Å²) in [6, 6.07) is 0. The van der Waals surface area contributed by atoms with Crippen molar-refractivity contribution < 1.29 is 9.36 Å². The maximum atomic E-state index is 10.0. The fraction of sp³-hybridized carbons (Fsp3) is 0. The second kappa shape index (κ2) is 5.65. The molecule has 8 heavy (non-hydrogen) atoms. The minimum Gasteiger partial charge on any atom is -0.292 e. The molecule has 1 unspecified atom stereocenters. The van der Waals surface area contributed by atoms with Crippen LogP contribution in [-0.2, 0) is 9.36 Å². The zero-order valence-corrected chi connectivity index (χ0v) is 6.42. The fourth-order valence-corrected chi connectivity index (χ4v) is 1.94. The lowest BCUT2D eigenvalue weighted by molar-refractivity contribution is 0.570. The van der Waals surface area contributed by atoms with Crippen molar-refractivity contribution in [2.24, 2.45) is 5.50 Å². The molecule has 0 aliphatic carbocycles. The Morgan fingerprint density at radius 3 is 2.75 bits per heavy atom. The van der Waals surface area contributed by atoms with E-state index in [9.17, 15) is 9.36 Å². The van der Waals surface area contributed by atoms with Gasteiger partial charge >= 0.3 is 0 Å². The third-order valence-electron chi connectivity index (χ3n) is 0.230. The van der Waals surface area contributed by atoms with Gasteiger partial charge in [-0.15, -0.1) is 0 Å². The van der Waals surface area contributed by atoms with Crippen LogP contribution in [0, 0.1) is 0 Å². The zero-order chi connectivity index (χ0) is 6.41. The lowest BCUT2D eigenvalue weighted by Gasteiger charge is -1.90. The zero-order valence-electron chi connectivity index (χ0n) is 3.79. The number of hydrogen-bond donors (Lipinski definition) is 2. The standard InChI is InChI=1S/CH5N2O2PS2/c2-6(5)3-8-7-1-4/h1,6H,(H3,2,3,5). The molecule has 4 nitrogen and oxygen atoms in total. The number of carbonyl (C=O) groups is 1. The Morgan fingerprint density at radius 2 is 2.38 bits per heavy atom. The maximum absolute atomic E-state index is 10.0. The highest BCUT2D eigenvalue weighted by Gasteiger charge is 1.86. The van der Waals surface area contributed by atoms with Gasteiger partial charge in [-0.05, 0) is 10.8 Å². The van der Waals surface area contributed by atoms with Crippen molar-refractivity contribution in [1.82, 2.24) is 4.49 Å². The molecule has 0 spiro atoms. The number of rotatable bonds is 4. The number of nitrogens with one attached hydrogen (secondary N) is 1. The van der Waals surface area contributed by atoms with E-state index in [1.165, 1.54) is 0 Å². The van der Waals surface area contributed by atoms with E-state index in [0.29, 0.717) is 5.62 Å². The molecule has 0 bridgehead atoms. The van der Waals surface area contributed by atoms with E-state index >= 15 is 0 Å². The molecule has 0 aromatic heterocycles. The van der Waals surface area contributed by atoms with E-state index < -0.39 is 8.10 Å². The normalized spacial score (nSPS) is 13.1. The first-order chi connectivity index (χ1) is 3.77. The highest BCUT2D eigenvalue weighted by Crippen LogP contribution is 2.19. The molecule has 3 N–H and O–H groups in total. The largest absolute Gasteiger partial charge is 0.292 e. The van der Waals surface area contributed by atoms with E-state index in [2.05, 4.69) is 4.49 Å². The van der Waals surface area contributed by atoms with Gasteiger partial charge in [0.1, 0.15) is 0 Å². The molecule has 1 atom stereocenters. The van der Waals surface area contributed by atoms with Gasteiger partial charge in [-0.1, -0.05) is 0 Å². The molecular formula is CH5N2O2PS2. The van der Waals surface area contributed by atoms with Crippen molar-refractivity contribution in [3.05, 3.63) is 0 Å². The SMILES string of the molecule is N[PH](=O)NSSC=O. The topological polar surface area (TPSA) is 72.2 Å². The fourth-order valence-electron chi connectivity index (χ4n) is 0.0848. The summed E-state index contributed by atoms with van der Waals surface area (Å²) >= 11 is 0. The van der Waals surface area contributed by atoms with Crippen LogP contribution in [0.15, 0.2) is 0 Å². The van der Waals surface area contributed by atoms with Crippen molar-refractivity contribution in [3.63, 3.8) is 0 Å². The molecule has 0 aliphatic rings. The van der Waals surface area contributed by atoms with Crippen LogP contribution in [0.1, 0.15) is 0 Å². The molecule has 0 radical (unpaired) electrons. The molecular weight excluding hydrogens is 167 g/mol. The molecule has 0 rings (SSSR count). The summed E-state index contributed by atoms with van der Waals surface area (Å²) < 4.78 is 12.3. The molecule has 0 aromatic rings. The van der Waals surface area contributed by atoms with E-state index in [1.54, 1.807) is 0 Å². The van der Waals surface area contributed by atoms with Gasteiger partial charge < -0.3 is 0 Å². The monoisotopic (exact) mass is 172 g/mol. The average Bonchev–Trinajstić information content (AvgIpc) is 1.66. The third kappa shape index (κ3) is 6.52. The molecule has 48 valence electrons. The Hall–Kier alpha value is 0.520. The highest BCUT2D eigenvalue weighted by atomic mass is 33.1. The highest BCUT2D eigenvalue weighted by molar-refractivity contribution is 8.81. The number of carbonyl (C=O) groups excluding carboxylic acids is 1. The van der Waals surface area contributed by atoms with Crippen LogP contribution in [0.25, 0.3) is 0 Å². The van der Waals surface area contributed by atoms with Crippen molar-refractivity contribution >= 4 is 35.5 Å². The lowest BCUT2D eigenvalue weighted by Crippen LogP contribution is -1.92. The van der Waals surface area contributed by atoms with Gasteiger partial charge in [-0.3, -0.25) is 14.9 Å². The van der Waals surface area contributed by atoms with Gasteiger partial charge in [0.15, 0.2) is 5.62 Å². The smallest absolute Gasteiger partial charge is 0.207 e. The van der Waals surface area contributed by atoms with Crippen LogP contribution in [-0.4, -0.2) is 5.62 Å². The van der Waals surface area contributed by atoms with Crippen molar-refractivity contribution in [3.8, 4) is 0 Å². The van der Waals surface area contributed by atoms with E-state index in [0.717, 1.165) is 21.8 Å². The summed E-state index contributed by atoms with van der Waals surface area (Å²) in [5.74, 6) is 0. The van der Waals surface area contributed by atoms with E-state index in [1.807, 2.05) is 0 Å². The Bertz CT molecular complexity index is 98.0. The van der Waals surface area contributed by atoms with Crippen LogP contribution in [0.5, 0.6) is 0 Å². The Morgan fingerprint density at radius 1 is 1.75 bits per heavy atom. The summed E-state index contributed by atoms with van der Waals surface area (Å²) in [6.07, 6.45) is 0. The first-order valence-corrected chi connectivity index (χ1v) is 5.28. The third-order valence-corrected chi connectivity index (χ3v) is 2.82. The summed E-state index contributed by atoms with van der Waals surface area (Å²) in [4.78, 5) is 9.56.